The van der Waals surface area contributed by atoms with E-state index in [4.69, 9.17) is 5.11 Å². The monoisotopic (exact) mass is 321 g/mol. The van der Waals surface area contributed by atoms with E-state index in [2.05, 4.69) is 5.32 Å². The van der Waals surface area contributed by atoms with Crippen LogP contribution in [0.2, 0.25) is 0 Å². The van der Waals surface area contributed by atoms with Crippen molar-refractivity contribution in [2.75, 3.05) is 12.4 Å². The molecule has 1 unspecified atom stereocenters. The average Bonchev–Trinajstić information content (AvgIpc) is 3.26. The maximum absolute atomic E-state index is 13.1. The molecule has 1 atom stereocenters. The maximum Gasteiger partial charge on any atom is 0.417 e. The highest BCUT2D eigenvalue weighted by molar-refractivity contribution is 7.99. The normalized spacial score (nSPS) is 17.0. The van der Waals surface area contributed by atoms with Crippen LogP contribution < -0.4 is 5.32 Å². The summed E-state index contributed by atoms with van der Waals surface area (Å²) >= 11 is 0.902. The first-order valence-electron chi connectivity index (χ1n) is 6.75. The van der Waals surface area contributed by atoms with Crippen molar-refractivity contribution in [3.8, 4) is 0 Å². The van der Waals surface area contributed by atoms with Gasteiger partial charge in [0.1, 0.15) is 0 Å². The number of hydrogen-bond acceptors (Lipinski definition) is 4. The molecule has 0 aliphatic heterocycles. The van der Waals surface area contributed by atoms with Crippen LogP contribution in [0.3, 0.4) is 0 Å². The van der Waals surface area contributed by atoms with E-state index in [-0.39, 0.29) is 10.6 Å². The second-order valence-electron chi connectivity index (χ2n) is 5.13. The van der Waals surface area contributed by atoms with E-state index in [0.29, 0.717) is 18.2 Å². The van der Waals surface area contributed by atoms with Gasteiger partial charge in [-0.05, 0) is 30.5 Å². The van der Waals surface area contributed by atoms with Crippen LogP contribution in [0.1, 0.15) is 24.0 Å². The van der Waals surface area contributed by atoms with Crippen LogP contribution in [0.4, 0.5) is 13.2 Å². The summed E-state index contributed by atoms with van der Waals surface area (Å²) in [7, 11) is 0. The molecule has 21 heavy (non-hydrogen) atoms. The number of aliphatic hydroxyl groups is 2. The molecule has 1 aliphatic carbocycles. The first-order valence-corrected chi connectivity index (χ1v) is 7.74. The second kappa shape index (κ2) is 7.00. The molecule has 3 nitrogen and oxygen atoms in total. The molecular weight excluding hydrogens is 303 g/mol. The number of thioether (sulfide) groups is 1. The smallest absolute Gasteiger partial charge is 0.394 e. The molecule has 0 saturated heterocycles. The zero-order valence-corrected chi connectivity index (χ0v) is 12.2. The molecule has 3 N–H and O–H groups in total. The fraction of sp³-hybridized carbons (Fsp3) is 0.571. The van der Waals surface area contributed by atoms with Gasteiger partial charge in [0.2, 0.25) is 0 Å². The first kappa shape index (κ1) is 16.6. The van der Waals surface area contributed by atoms with Gasteiger partial charge in [-0.2, -0.15) is 13.2 Å². The third kappa shape index (κ3) is 5.18. The lowest BCUT2D eigenvalue weighted by Gasteiger charge is -2.15. The van der Waals surface area contributed by atoms with Crippen molar-refractivity contribution in [1.29, 1.82) is 0 Å². The highest BCUT2D eigenvalue weighted by Gasteiger charge is 2.34. The molecular formula is C14H18F3NO2S. The minimum absolute atomic E-state index is 0.0270. The van der Waals surface area contributed by atoms with Crippen molar-refractivity contribution in [3.05, 3.63) is 29.3 Å². The Kier molecular flexibility index (Phi) is 5.54. The molecule has 1 saturated carbocycles. The Morgan fingerprint density at radius 3 is 2.62 bits per heavy atom. The fourth-order valence-electron chi connectivity index (χ4n) is 1.82. The number of benzene rings is 1. The molecule has 1 fully saturated rings. The quantitative estimate of drug-likeness (QED) is 0.675. The number of hydrogen-bond donors (Lipinski definition) is 3. The zero-order valence-electron chi connectivity index (χ0n) is 11.4. The zero-order chi connectivity index (χ0) is 15.5. The molecule has 0 radical (unpaired) electrons. The Morgan fingerprint density at radius 2 is 2.05 bits per heavy atom. The third-order valence-corrected chi connectivity index (χ3v) is 4.38. The van der Waals surface area contributed by atoms with E-state index >= 15 is 0 Å². The first-order chi connectivity index (χ1) is 9.90. The van der Waals surface area contributed by atoms with Crippen LogP contribution >= 0.6 is 11.8 Å². The molecule has 1 aliphatic rings. The summed E-state index contributed by atoms with van der Waals surface area (Å²) in [6.07, 6.45) is -3.28. The molecule has 1 aromatic carbocycles. The van der Waals surface area contributed by atoms with Gasteiger partial charge in [0.15, 0.2) is 0 Å². The standard InChI is InChI=1S/C14H18F3NO2S/c15-14(16,17)12-5-9(6-18-10-2-3-10)1-4-13(12)21-8-11(20)7-19/h1,4-5,10-11,18-20H,2-3,6-8H2. The molecule has 2 rings (SSSR count). The lowest BCUT2D eigenvalue weighted by molar-refractivity contribution is -0.139. The number of halogens is 3. The van der Waals surface area contributed by atoms with E-state index in [1.54, 1.807) is 6.07 Å². The summed E-state index contributed by atoms with van der Waals surface area (Å²) in [4.78, 5) is 0.0742. The second-order valence-corrected chi connectivity index (χ2v) is 6.19. The van der Waals surface area contributed by atoms with Crippen LogP contribution in [-0.2, 0) is 12.7 Å². The lowest BCUT2D eigenvalue weighted by Crippen LogP contribution is -2.17. The molecule has 0 heterocycles. The summed E-state index contributed by atoms with van der Waals surface area (Å²) in [5, 5.41) is 21.2. The van der Waals surface area contributed by atoms with Crippen molar-refractivity contribution in [2.24, 2.45) is 0 Å². The molecule has 0 amide bonds. The Balaban J connectivity index is 2.10. The van der Waals surface area contributed by atoms with Gasteiger partial charge in [-0.15, -0.1) is 11.8 Å². The van der Waals surface area contributed by atoms with E-state index in [9.17, 15) is 18.3 Å². The van der Waals surface area contributed by atoms with Crippen molar-refractivity contribution in [1.82, 2.24) is 5.32 Å². The average molecular weight is 321 g/mol. The fourth-order valence-corrected chi connectivity index (χ4v) is 2.79. The highest BCUT2D eigenvalue weighted by atomic mass is 32.2. The largest absolute Gasteiger partial charge is 0.417 e. The van der Waals surface area contributed by atoms with Gasteiger partial charge in [-0.1, -0.05) is 6.07 Å². The minimum atomic E-state index is -4.43. The summed E-state index contributed by atoms with van der Waals surface area (Å²) in [5.74, 6) is 0.0270. The molecule has 7 heteroatoms. The molecule has 1 aromatic rings. The van der Waals surface area contributed by atoms with Crippen LogP contribution in [0.15, 0.2) is 23.1 Å². The molecule has 0 bridgehead atoms. The van der Waals surface area contributed by atoms with Crippen LogP contribution in [-0.4, -0.2) is 34.7 Å². The highest BCUT2D eigenvalue weighted by Crippen LogP contribution is 2.37. The topological polar surface area (TPSA) is 52.5 Å². The Morgan fingerprint density at radius 1 is 1.33 bits per heavy atom. The van der Waals surface area contributed by atoms with Gasteiger partial charge in [0.05, 0.1) is 18.3 Å². The summed E-state index contributed by atoms with van der Waals surface area (Å²) in [6.45, 7) is -0.0320. The van der Waals surface area contributed by atoms with Crippen molar-refractivity contribution in [3.63, 3.8) is 0 Å². The number of alkyl halides is 3. The van der Waals surface area contributed by atoms with E-state index in [0.717, 1.165) is 30.7 Å². The van der Waals surface area contributed by atoms with Crippen LogP contribution in [0.5, 0.6) is 0 Å². The van der Waals surface area contributed by atoms with Crippen molar-refractivity contribution >= 4 is 11.8 Å². The molecule has 0 spiro atoms. The van der Waals surface area contributed by atoms with Crippen LogP contribution in [0, 0.1) is 0 Å². The number of aliphatic hydroxyl groups excluding tert-OH is 2. The van der Waals surface area contributed by atoms with E-state index < -0.39 is 24.5 Å². The summed E-state index contributed by atoms with van der Waals surface area (Å²) in [6, 6.07) is 4.69. The number of rotatable bonds is 7. The van der Waals surface area contributed by atoms with Gasteiger partial charge >= 0.3 is 6.18 Å². The maximum atomic E-state index is 13.1. The third-order valence-electron chi connectivity index (χ3n) is 3.16. The lowest BCUT2D eigenvalue weighted by atomic mass is 10.1. The SMILES string of the molecule is OCC(O)CSc1ccc(CNC2CC2)cc1C(F)(F)F. The van der Waals surface area contributed by atoms with E-state index in [1.165, 1.54) is 6.07 Å². The van der Waals surface area contributed by atoms with Crippen molar-refractivity contribution < 1.29 is 23.4 Å². The van der Waals surface area contributed by atoms with E-state index in [1.807, 2.05) is 0 Å². The molecule has 0 aromatic heterocycles. The Bertz CT molecular complexity index is 478. The van der Waals surface area contributed by atoms with Crippen LogP contribution in [0.25, 0.3) is 0 Å². The Hall–Kier alpha value is -0.760. The predicted molar refractivity (Wildman–Crippen MR) is 75.1 cm³/mol. The number of nitrogens with one attached hydrogen (secondary N) is 1. The summed E-state index contributed by atoms with van der Waals surface area (Å²) < 4.78 is 39.3. The molecule has 118 valence electrons. The van der Waals surface area contributed by atoms with Gasteiger partial charge < -0.3 is 15.5 Å². The van der Waals surface area contributed by atoms with Gasteiger partial charge in [-0.3, -0.25) is 0 Å². The predicted octanol–water partition coefficient (Wildman–Crippen LogP) is 2.40. The summed E-state index contributed by atoms with van der Waals surface area (Å²) in [5.41, 5.74) is -0.0889. The minimum Gasteiger partial charge on any atom is -0.394 e. The van der Waals surface area contributed by atoms with Crippen molar-refractivity contribution in [2.45, 2.75) is 42.6 Å². The Labute approximate surface area is 125 Å². The van der Waals surface area contributed by atoms with Gasteiger partial charge in [-0.25, -0.2) is 0 Å². The van der Waals surface area contributed by atoms with Gasteiger partial charge in [0.25, 0.3) is 0 Å². The van der Waals surface area contributed by atoms with Gasteiger partial charge in [0, 0.05) is 23.2 Å².